The molecule has 88 valence electrons. The normalized spacial score (nSPS) is 22.5. The standard InChI is InChI=1S/C12H24N2O/c1-4-12(15)10-13(3)9-11-7-6-8-14(11)5-2/h11H,4-10H2,1-3H3. The van der Waals surface area contributed by atoms with Crippen LogP contribution in [0.5, 0.6) is 0 Å². The molecule has 0 aromatic heterocycles. The maximum absolute atomic E-state index is 11.3. The van der Waals surface area contributed by atoms with Gasteiger partial charge in [0.25, 0.3) is 0 Å². The Balaban J connectivity index is 2.30. The van der Waals surface area contributed by atoms with Crippen molar-refractivity contribution >= 4 is 5.78 Å². The lowest BCUT2D eigenvalue weighted by Gasteiger charge is -2.27. The molecule has 1 fully saturated rings. The van der Waals surface area contributed by atoms with Gasteiger partial charge in [0.2, 0.25) is 0 Å². The SMILES string of the molecule is CCC(=O)CN(C)CC1CCCN1CC. The zero-order chi connectivity index (χ0) is 11.3. The van der Waals surface area contributed by atoms with Gasteiger partial charge >= 0.3 is 0 Å². The molecule has 0 N–H and O–H groups in total. The molecule has 0 radical (unpaired) electrons. The van der Waals surface area contributed by atoms with E-state index < -0.39 is 0 Å². The second kappa shape index (κ2) is 6.23. The van der Waals surface area contributed by atoms with Crippen LogP contribution >= 0.6 is 0 Å². The zero-order valence-electron chi connectivity index (χ0n) is 10.3. The molecule has 1 atom stereocenters. The molecule has 1 rings (SSSR count). The molecular weight excluding hydrogens is 188 g/mol. The van der Waals surface area contributed by atoms with Crippen molar-refractivity contribution in [3.05, 3.63) is 0 Å². The lowest BCUT2D eigenvalue weighted by atomic mass is 10.2. The number of ketones is 1. The van der Waals surface area contributed by atoms with Crippen LogP contribution in [0, 0.1) is 0 Å². The van der Waals surface area contributed by atoms with Crippen molar-refractivity contribution in [2.24, 2.45) is 0 Å². The van der Waals surface area contributed by atoms with Gasteiger partial charge in [-0.25, -0.2) is 0 Å². The van der Waals surface area contributed by atoms with Gasteiger partial charge in [0.15, 0.2) is 0 Å². The molecule has 15 heavy (non-hydrogen) atoms. The Morgan fingerprint density at radius 2 is 2.20 bits per heavy atom. The van der Waals surface area contributed by atoms with Gasteiger partial charge in [-0.15, -0.1) is 0 Å². The lowest BCUT2D eigenvalue weighted by Crippen LogP contribution is -2.40. The summed E-state index contributed by atoms with van der Waals surface area (Å²) >= 11 is 0. The van der Waals surface area contributed by atoms with Gasteiger partial charge in [0.1, 0.15) is 5.78 Å². The van der Waals surface area contributed by atoms with E-state index in [0.29, 0.717) is 24.8 Å². The van der Waals surface area contributed by atoms with E-state index >= 15 is 0 Å². The zero-order valence-corrected chi connectivity index (χ0v) is 10.3. The van der Waals surface area contributed by atoms with Crippen molar-refractivity contribution in [1.29, 1.82) is 0 Å². The maximum atomic E-state index is 11.3. The second-order valence-electron chi connectivity index (χ2n) is 4.51. The number of likely N-dealkylation sites (tertiary alicyclic amines) is 1. The fourth-order valence-electron chi connectivity index (χ4n) is 2.36. The van der Waals surface area contributed by atoms with Crippen molar-refractivity contribution in [1.82, 2.24) is 9.80 Å². The highest BCUT2D eigenvalue weighted by molar-refractivity contribution is 5.80. The van der Waals surface area contributed by atoms with Crippen LogP contribution in [0.3, 0.4) is 0 Å². The molecular formula is C12H24N2O. The predicted octanol–water partition coefficient (Wildman–Crippen LogP) is 1.38. The first kappa shape index (κ1) is 12.7. The average Bonchev–Trinajstić information content (AvgIpc) is 2.64. The van der Waals surface area contributed by atoms with Gasteiger partial charge in [0, 0.05) is 19.0 Å². The Morgan fingerprint density at radius 1 is 1.47 bits per heavy atom. The van der Waals surface area contributed by atoms with Crippen LogP contribution in [0.15, 0.2) is 0 Å². The van der Waals surface area contributed by atoms with Crippen LogP contribution in [-0.2, 0) is 4.79 Å². The quantitative estimate of drug-likeness (QED) is 0.664. The van der Waals surface area contributed by atoms with E-state index in [1.807, 2.05) is 6.92 Å². The highest BCUT2D eigenvalue weighted by Gasteiger charge is 2.24. The minimum absolute atomic E-state index is 0.346. The van der Waals surface area contributed by atoms with Crippen LogP contribution in [-0.4, -0.2) is 54.9 Å². The van der Waals surface area contributed by atoms with Crippen molar-refractivity contribution in [2.75, 3.05) is 33.2 Å². The number of hydrogen-bond acceptors (Lipinski definition) is 3. The van der Waals surface area contributed by atoms with E-state index in [1.165, 1.54) is 19.4 Å². The number of likely N-dealkylation sites (N-methyl/N-ethyl adjacent to an activating group) is 2. The molecule has 0 aromatic rings. The van der Waals surface area contributed by atoms with Gasteiger partial charge in [-0.2, -0.15) is 0 Å². The molecule has 0 spiro atoms. The third-order valence-electron chi connectivity index (χ3n) is 3.27. The van der Waals surface area contributed by atoms with Gasteiger partial charge in [-0.1, -0.05) is 13.8 Å². The minimum Gasteiger partial charge on any atom is -0.299 e. The molecule has 1 aliphatic rings. The molecule has 0 amide bonds. The van der Waals surface area contributed by atoms with E-state index in [0.717, 1.165) is 13.1 Å². The number of nitrogens with zero attached hydrogens (tertiary/aromatic N) is 2. The molecule has 0 bridgehead atoms. The van der Waals surface area contributed by atoms with Crippen LogP contribution in [0.25, 0.3) is 0 Å². The summed E-state index contributed by atoms with van der Waals surface area (Å²) in [5.74, 6) is 0.346. The number of carbonyl (C=O) groups excluding carboxylic acids is 1. The minimum atomic E-state index is 0.346. The summed E-state index contributed by atoms with van der Waals surface area (Å²) in [5, 5.41) is 0. The van der Waals surface area contributed by atoms with Gasteiger partial charge in [-0.3, -0.25) is 14.6 Å². The third kappa shape index (κ3) is 3.92. The Morgan fingerprint density at radius 3 is 2.80 bits per heavy atom. The molecule has 1 saturated heterocycles. The first-order valence-electron chi connectivity index (χ1n) is 6.11. The fourth-order valence-corrected chi connectivity index (χ4v) is 2.36. The fraction of sp³-hybridized carbons (Fsp3) is 0.917. The summed E-state index contributed by atoms with van der Waals surface area (Å²) in [6, 6.07) is 0.671. The van der Waals surface area contributed by atoms with Crippen LogP contribution < -0.4 is 0 Å². The first-order chi connectivity index (χ1) is 7.17. The molecule has 1 aliphatic heterocycles. The van der Waals surface area contributed by atoms with E-state index in [1.54, 1.807) is 0 Å². The van der Waals surface area contributed by atoms with E-state index in [9.17, 15) is 4.79 Å². The summed E-state index contributed by atoms with van der Waals surface area (Å²) in [6.45, 7) is 8.18. The van der Waals surface area contributed by atoms with Gasteiger partial charge in [-0.05, 0) is 33.0 Å². The summed E-state index contributed by atoms with van der Waals surface area (Å²) in [5.41, 5.74) is 0. The van der Waals surface area contributed by atoms with E-state index in [2.05, 4.69) is 23.8 Å². The summed E-state index contributed by atoms with van der Waals surface area (Å²) in [7, 11) is 2.06. The number of Topliss-reactive ketones (excluding diaryl/α,β-unsaturated/α-hetero) is 1. The van der Waals surface area contributed by atoms with E-state index in [4.69, 9.17) is 0 Å². The highest BCUT2D eigenvalue weighted by atomic mass is 16.1. The number of carbonyl (C=O) groups is 1. The van der Waals surface area contributed by atoms with E-state index in [-0.39, 0.29) is 0 Å². The lowest BCUT2D eigenvalue weighted by molar-refractivity contribution is -0.119. The van der Waals surface area contributed by atoms with Crippen LogP contribution in [0.1, 0.15) is 33.1 Å². The second-order valence-corrected chi connectivity index (χ2v) is 4.51. The van der Waals surface area contributed by atoms with Crippen molar-refractivity contribution in [3.8, 4) is 0 Å². The van der Waals surface area contributed by atoms with Crippen LogP contribution in [0.2, 0.25) is 0 Å². The van der Waals surface area contributed by atoms with Crippen molar-refractivity contribution < 1.29 is 4.79 Å². The molecule has 0 aromatic carbocycles. The summed E-state index contributed by atoms with van der Waals surface area (Å²) in [6.07, 6.45) is 3.26. The molecule has 3 heteroatoms. The first-order valence-corrected chi connectivity index (χ1v) is 6.11. The maximum Gasteiger partial charge on any atom is 0.146 e. The molecule has 1 unspecified atom stereocenters. The smallest absolute Gasteiger partial charge is 0.146 e. The monoisotopic (exact) mass is 212 g/mol. The van der Waals surface area contributed by atoms with Crippen molar-refractivity contribution in [2.45, 2.75) is 39.2 Å². The average molecular weight is 212 g/mol. The van der Waals surface area contributed by atoms with Crippen molar-refractivity contribution in [3.63, 3.8) is 0 Å². The Bertz CT molecular complexity index is 206. The molecule has 1 heterocycles. The molecule has 0 aliphatic carbocycles. The Hall–Kier alpha value is -0.410. The van der Waals surface area contributed by atoms with Gasteiger partial charge < -0.3 is 0 Å². The molecule has 3 nitrogen and oxygen atoms in total. The number of rotatable bonds is 6. The summed E-state index contributed by atoms with van der Waals surface area (Å²) in [4.78, 5) is 16.0. The summed E-state index contributed by atoms with van der Waals surface area (Å²) < 4.78 is 0. The largest absolute Gasteiger partial charge is 0.299 e. The predicted molar refractivity (Wildman–Crippen MR) is 63.1 cm³/mol. The Labute approximate surface area is 93.4 Å². The highest BCUT2D eigenvalue weighted by Crippen LogP contribution is 2.17. The molecule has 0 saturated carbocycles. The van der Waals surface area contributed by atoms with Gasteiger partial charge in [0.05, 0.1) is 6.54 Å². The topological polar surface area (TPSA) is 23.6 Å². The van der Waals surface area contributed by atoms with Crippen LogP contribution in [0.4, 0.5) is 0 Å². The third-order valence-corrected chi connectivity index (χ3v) is 3.27. The Kier molecular flexibility index (Phi) is 5.26. The number of hydrogen-bond donors (Lipinski definition) is 0.